The van der Waals surface area contributed by atoms with E-state index in [0.29, 0.717) is 17.1 Å². The Kier molecular flexibility index (Phi) is 9.55. The van der Waals surface area contributed by atoms with Crippen molar-refractivity contribution in [2.45, 2.75) is 6.54 Å². The Bertz CT molecular complexity index is 687. The van der Waals surface area contributed by atoms with Gasteiger partial charge >= 0.3 is 0 Å². The summed E-state index contributed by atoms with van der Waals surface area (Å²) < 4.78 is 12.9. The number of halogens is 4. The zero-order valence-electron chi connectivity index (χ0n) is 14.2. The number of carbonyl (C=O) groups excluding carboxylic acids is 1. The standard InChI is InChI=1S/C19H20ClFN2O.2ClH/c20-17-5-3-16(4-6-17)19(24)14-23-11-9-22(10-12-23)13-15-1-7-18(21)8-2-15;;/h1-8H,9-14H2;2*1H. The number of benzene rings is 2. The maximum absolute atomic E-state index is 12.9. The molecule has 1 saturated heterocycles. The summed E-state index contributed by atoms with van der Waals surface area (Å²) in [6, 6.07) is 13.7. The predicted molar refractivity (Wildman–Crippen MR) is 108 cm³/mol. The Hall–Kier alpha value is -1.17. The second kappa shape index (κ2) is 10.9. The third-order valence-electron chi connectivity index (χ3n) is 4.32. The number of hydrogen-bond acceptors (Lipinski definition) is 3. The van der Waals surface area contributed by atoms with Crippen molar-refractivity contribution in [3.05, 3.63) is 70.5 Å². The monoisotopic (exact) mass is 418 g/mol. The quantitative estimate of drug-likeness (QED) is 0.674. The number of ketones is 1. The molecule has 0 amide bonds. The molecule has 142 valence electrons. The first kappa shape index (κ1) is 22.9. The van der Waals surface area contributed by atoms with Gasteiger partial charge in [0, 0.05) is 43.3 Å². The van der Waals surface area contributed by atoms with Crippen molar-refractivity contribution in [1.29, 1.82) is 0 Å². The van der Waals surface area contributed by atoms with E-state index in [2.05, 4.69) is 9.80 Å². The summed E-state index contributed by atoms with van der Waals surface area (Å²) in [5.41, 5.74) is 1.82. The van der Waals surface area contributed by atoms with Gasteiger partial charge < -0.3 is 0 Å². The summed E-state index contributed by atoms with van der Waals surface area (Å²) in [6.07, 6.45) is 0. The number of Topliss-reactive ketones (excluding diaryl/α,β-unsaturated/α-hetero) is 1. The highest BCUT2D eigenvalue weighted by atomic mass is 35.5. The van der Waals surface area contributed by atoms with Crippen molar-refractivity contribution in [2.75, 3.05) is 32.7 Å². The van der Waals surface area contributed by atoms with E-state index >= 15 is 0 Å². The van der Waals surface area contributed by atoms with E-state index in [9.17, 15) is 9.18 Å². The molecule has 2 aromatic rings. The Morgan fingerprint density at radius 2 is 1.42 bits per heavy atom. The zero-order valence-corrected chi connectivity index (χ0v) is 16.6. The normalized spacial score (nSPS) is 15.0. The number of hydrogen-bond donors (Lipinski definition) is 0. The Morgan fingerprint density at radius 3 is 2.00 bits per heavy atom. The van der Waals surface area contributed by atoms with Crippen molar-refractivity contribution in [1.82, 2.24) is 9.80 Å². The van der Waals surface area contributed by atoms with E-state index in [1.807, 2.05) is 12.1 Å². The predicted octanol–water partition coefficient (Wildman–Crippen LogP) is 4.32. The lowest BCUT2D eigenvalue weighted by atomic mass is 10.1. The van der Waals surface area contributed by atoms with Crippen molar-refractivity contribution < 1.29 is 9.18 Å². The summed E-state index contributed by atoms with van der Waals surface area (Å²) in [5, 5.41) is 0.640. The van der Waals surface area contributed by atoms with Crippen LogP contribution in [0.3, 0.4) is 0 Å². The lowest BCUT2D eigenvalue weighted by Gasteiger charge is -2.34. The van der Waals surface area contributed by atoms with Gasteiger partial charge in [-0.25, -0.2) is 4.39 Å². The van der Waals surface area contributed by atoms with Gasteiger partial charge in [-0.05, 0) is 42.0 Å². The molecule has 0 atom stereocenters. The van der Waals surface area contributed by atoms with Gasteiger partial charge in [0.15, 0.2) is 5.78 Å². The fourth-order valence-electron chi connectivity index (χ4n) is 2.88. The topological polar surface area (TPSA) is 23.6 Å². The van der Waals surface area contributed by atoms with Gasteiger partial charge in [-0.1, -0.05) is 23.7 Å². The molecule has 0 unspecified atom stereocenters. The lowest BCUT2D eigenvalue weighted by molar-refractivity contribution is 0.0844. The maximum Gasteiger partial charge on any atom is 0.176 e. The van der Waals surface area contributed by atoms with Gasteiger partial charge in [0.1, 0.15) is 5.82 Å². The molecule has 2 aromatic carbocycles. The molecule has 1 aliphatic rings. The van der Waals surface area contributed by atoms with Crippen LogP contribution >= 0.6 is 36.4 Å². The van der Waals surface area contributed by atoms with Crippen LogP contribution in [0.25, 0.3) is 0 Å². The van der Waals surface area contributed by atoms with Crippen molar-refractivity contribution >= 4 is 42.2 Å². The van der Waals surface area contributed by atoms with E-state index in [4.69, 9.17) is 11.6 Å². The molecule has 3 rings (SSSR count). The molecule has 1 aliphatic heterocycles. The molecule has 0 saturated carbocycles. The number of piperazine rings is 1. The van der Waals surface area contributed by atoms with Gasteiger partial charge in [0.2, 0.25) is 0 Å². The van der Waals surface area contributed by atoms with Crippen LogP contribution in [0.5, 0.6) is 0 Å². The second-order valence-electron chi connectivity index (χ2n) is 6.11. The van der Waals surface area contributed by atoms with E-state index in [1.165, 1.54) is 12.1 Å². The number of nitrogens with zero attached hydrogens (tertiary/aromatic N) is 2. The number of carbonyl (C=O) groups is 1. The van der Waals surface area contributed by atoms with E-state index in [0.717, 1.165) is 38.3 Å². The SMILES string of the molecule is Cl.Cl.O=C(CN1CCN(Cc2ccc(F)cc2)CC1)c1ccc(Cl)cc1. The van der Waals surface area contributed by atoms with Crippen LogP contribution in [0.15, 0.2) is 48.5 Å². The second-order valence-corrected chi connectivity index (χ2v) is 6.55. The van der Waals surface area contributed by atoms with Crippen LogP contribution in [0.4, 0.5) is 4.39 Å². The Balaban J connectivity index is 0.00000169. The Morgan fingerprint density at radius 1 is 0.885 bits per heavy atom. The average Bonchev–Trinajstić information content (AvgIpc) is 2.59. The molecule has 0 aromatic heterocycles. The van der Waals surface area contributed by atoms with Crippen LogP contribution in [0.2, 0.25) is 5.02 Å². The highest BCUT2D eigenvalue weighted by molar-refractivity contribution is 6.30. The molecule has 1 heterocycles. The molecule has 7 heteroatoms. The highest BCUT2D eigenvalue weighted by Crippen LogP contribution is 2.12. The summed E-state index contributed by atoms with van der Waals surface area (Å²) in [5.74, 6) is -0.0806. The summed E-state index contributed by atoms with van der Waals surface area (Å²) in [6.45, 7) is 4.79. The third kappa shape index (κ3) is 6.53. The van der Waals surface area contributed by atoms with Gasteiger partial charge in [0.05, 0.1) is 6.54 Å². The minimum absolute atomic E-state index is 0. The van der Waals surface area contributed by atoms with Gasteiger partial charge in [0.25, 0.3) is 0 Å². The molecule has 0 bridgehead atoms. The largest absolute Gasteiger partial charge is 0.297 e. The van der Waals surface area contributed by atoms with Gasteiger partial charge in [-0.15, -0.1) is 24.8 Å². The highest BCUT2D eigenvalue weighted by Gasteiger charge is 2.19. The molecule has 26 heavy (non-hydrogen) atoms. The third-order valence-corrected chi connectivity index (χ3v) is 4.57. The summed E-state index contributed by atoms with van der Waals surface area (Å²) in [4.78, 5) is 16.8. The zero-order chi connectivity index (χ0) is 16.9. The van der Waals surface area contributed by atoms with E-state index in [1.54, 1.807) is 24.3 Å². The molecule has 0 aliphatic carbocycles. The van der Waals surface area contributed by atoms with Crippen LogP contribution in [-0.4, -0.2) is 48.3 Å². The van der Waals surface area contributed by atoms with E-state index < -0.39 is 0 Å². The van der Waals surface area contributed by atoms with Gasteiger partial charge in [-0.2, -0.15) is 0 Å². The van der Waals surface area contributed by atoms with Crippen molar-refractivity contribution in [3.8, 4) is 0 Å². The maximum atomic E-state index is 12.9. The van der Waals surface area contributed by atoms with Crippen LogP contribution in [-0.2, 0) is 6.54 Å². The van der Waals surface area contributed by atoms with Crippen molar-refractivity contribution in [3.63, 3.8) is 0 Å². The van der Waals surface area contributed by atoms with Crippen LogP contribution in [0.1, 0.15) is 15.9 Å². The first-order valence-electron chi connectivity index (χ1n) is 8.08. The molecule has 0 spiro atoms. The fraction of sp³-hybridized carbons (Fsp3) is 0.316. The molecule has 0 N–H and O–H groups in total. The Labute approximate surface area is 170 Å². The van der Waals surface area contributed by atoms with Gasteiger partial charge in [-0.3, -0.25) is 14.6 Å². The first-order valence-corrected chi connectivity index (χ1v) is 8.46. The fourth-order valence-corrected chi connectivity index (χ4v) is 3.01. The van der Waals surface area contributed by atoms with E-state index in [-0.39, 0.29) is 36.4 Å². The molecule has 3 nitrogen and oxygen atoms in total. The summed E-state index contributed by atoms with van der Waals surface area (Å²) in [7, 11) is 0. The minimum Gasteiger partial charge on any atom is -0.297 e. The number of rotatable bonds is 5. The molecule has 1 fully saturated rings. The average molecular weight is 420 g/mol. The molecular formula is C19H22Cl3FN2O. The molecule has 0 radical (unpaired) electrons. The minimum atomic E-state index is -0.204. The molecular weight excluding hydrogens is 398 g/mol. The van der Waals surface area contributed by atoms with Crippen LogP contribution in [0, 0.1) is 5.82 Å². The lowest BCUT2D eigenvalue weighted by Crippen LogP contribution is -2.47. The van der Waals surface area contributed by atoms with Crippen LogP contribution < -0.4 is 0 Å². The first-order chi connectivity index (χ1) is 11.6. The summed E-state index contributed by atoms with van der Waals surface area (Å²) >= 11 is 5.85. The smallest absolute Gasteiger partial charge is 0.176 e. The van der Waals surface area contributed by atoms with Crippen molar-refractivity contribution in [2.24, 2.45) is 0 Å².